The number of nitrogens with zero attached hydrogens (tertiary/aromatic N) is 5. The molecule has 3 aliphatic heterocycles. The highest BCUT2D eigenvalue weighted by Gasteiger charge is 2.39. The fraction of sp³-hybridized carbons (Fsp3) is 0.433. The van der Waals surface area contributed by atoms with Crippen molar-refractivity contribution in [1.29, 1.82) is 0 Å². The summed E-state index contributed by atoms with van der Waals surface area (Å²) >= 11 is 1.37. The topological polar surface area (TPSA) is 113 Å². The van der Waals surface area contributed by atoms with Crippen molar-refractivity contribution in [3.8, 4) is 0 Å². The molecule has 1 aromatic carbocycles. The molecule has 5 heterocycles. The molecule has 3 aliphatic rings. The van der Waals surface area contributed by atoms with E-state index in [0.717, 1.165) is 0 Å². The number of rotatable bonds is 3. The maximum Gasteiger partial charge on any atom is 0.417 e. The third-order valence-electron chi connectivity index (χ3n) is 7.79. The van der Waals surface area contributed by atoms with Gasteiger partial charge in [-0.3, -0.25) is 9.36 Å². The number of alkyl halides is 3. The van der Waals surface area contributed by atoms with Gasteiger partial charge >= 0.3 is 17.6 Å². The van der Waals surface area contributed by atoms with Crippen molar-refractivity contribution in [3.05, 3.63) is 75.4 Å². The second-order valence-corrected chi connectivity index (χ2v) is 11.9. The van der Waals surface area contributed by atoms with Crippen LogP contribution in [-0.4, -0.2) is 74.5 Å². The summed E-state index contributed by atoms with van der Waals surface area (Å²) in [4.78, 5) is 49.9. The monoisotopic (exact) mass is 630 g/mol. The lowest BCUT2D eigenvalue weighted by atomic mass is 9.93. The fourth-order valence-electron chi connectivity index (χ4n) is 6.02. The Balaban J connectivity index is 0.000000484. The van der Waals surface area contributed by atoms with Crippen LogP contribution < -0.4 is 16.3 Å². The quantitative estimate of drug-likeness (QED) is 0.431. The molecule has 6 rings (SSSR count). The number of aromatic amines is 1. The summed E-state index contributed by atoms with van der Waals surface area (Å²) in [6, 6.07) is 2.34. The molecule has 44 heavy (non-hydrogen) atoms. The SMILES string of the molecule is C=CC(=O)N1C(C)CN(c2nc(=O)n3c4c(c(C5=CCOCC5)c(C(F)(F)F)cc24)SCCC3)CC1C.O=c1nccc[nH]1. The largest absolute Gasteiger partial charge is 0.417 e. The van der Waals surface area contributed by atoms with E-state index in [4.69, 9.17) is 4.74 Å². The first kappa shape index (κ1) is 31.5. The van der Waals surface area contributed by atoms with Gasteiger partial charge < -0.3 is 19.5 Å². The maximum atomic E-state index is 14.6. The van der Waals surface area contributed by atoms with Crippen molar-refractivity contribution in [2.45, 2.75) is 56.4 Å². The number of amides is 1. The number of hydrogen-bond donors (Lipinski definition) is 1. The van der Waals surface area contributed by atoms with Gasteiger partial charge in [0, 0.05) is 60.0 Å². The molecule has 0 saturated carbocycles. The third-order valence-corrected chi connectivity index (χ3v) is 8.97. The number of aryl methyl sites for hydroxylation is 1. The molecule has 2 atom stereocenters. The average Bonchev–Trinajstić information content (AvgIpc) is 3.23. The van der Waals surface area contributed by atoms with E-state index in [1.807, 2.05) is 18.7 Å². The van der Waals surface area contributed by atoms with Gasteiger partial charge in [-0.25, -0.2) is 14.6 Å². The predicted molar refractivity (Wildman–Crippen MR) is 163 cm³/mol. The zero-order valence-electron chi connectivity index (χ0n) is 24.4. The van der Waals surface area contributed by atoms with Crippen LogP contribution in [0.2, 0.25) is 0 Å². The standard InChI is InChI=1S/C26H29F3N4O3S.C4H4N2O/c1-4-20(34)33-15(2)13-31(14-16(33)3)24-18-12-19(26(27,28)29)21(17-6-9-36-10-7-17)23-22(18)32(25(35)30-24)8-5-11-37-23;7-4-5-2-1-3-6-4/h4,6,12,15-16H,1,5,7-11,13-14H2,2-3H3;1-3H,(H,5,6,7). The summed E-state index contributed by atoms with van der Waals surface area (Å²) in [6.45, 7) is 9.00. The Hall–Kier alpha value is -3.91. The van der Waals surface area contributed by atoms with Crippen LogP contribution in [0.3, 0.4) is 0 Å². The molecule has 1 amide bonds. The average molecular weight is 631 g/mol. The number of benzene rings is 1. The molecular formula is C30H33F3N6O4S. The second-order valence-electron chi connectivity index (χ2n) is 10.8. The third kappa shape index (κ3) is 6.32. The Morgan fingerprint density at radius 1 is 1.23 bits per heavy atom. The summed E-state index contributed by atoms with van der Waals surface area (Å²) in [5.41, 5.74) is -0.222. The van der Waals surface area contributed by atoms with Crippen molar-refractivity contribution < 1.29 is 22.7 Å². The van der Waals surface area contributed by atoms with Gasteiger partial charge in [0.1, 0.15) is 5.82 Å². The van der Waals surface area contributed by atoms with E-state index < -0.39 is 17.4 Å². The highest BCUT2D eigenvalue weighted by Crippen LogP contribution is 2.47. The zero-order valence-corrected chi connectivity index (χ0v) is 25.2. The minimum absolute atomic E-state index is 0.156. The summed E-state index contributed by atoms with van der Waals surface area (Å²) in [5, 5.41) is 0.315. The number of carbonyl (C=O) groups excluding carboxylic acids is 1. The summed E-state index contributed by atoms with van der Waals surface area (Å²) in [5.74, 6) is 0.633. The van der Waals surface area contributed by atoms with Crippen molar-refractivity contribution in [1.82, 2.24) is 24.4 Å². The minimum Gasteiger partial charge on any atom is -0.377 e. The lowest BCUT2D eigenvalue weighted by Gasteiger charge is -2.44. The molecule has 3 aromatic rings. The smallest absolute Gasteiger partial charge is 0.377 e. The van der Waals surface area contributed by atoms with Gasteiger partial charge in [-0.1, -0.05) is 12.7 Å². The van der Waals surface area contributed by atoms with Crippen molar-refractivity contribution >= 4 is 40.0 Å². The Kier molecular flexibility index (Phi) is 9.30. The Labute approximate surface area is 255 Å². The number of thioether (sulfide) groups is 1. The van der Waals surface area contributed by atoms with E-state index in [2.05, 4.69) is 21.5 Å². The molecule has 1 N–H and O–H groups in total. The summed E-state index contributed by atoms with van der Waals surface area (Å²) in [7, 11) is 0. The summed E-state index contributed by atoms with van der Waals surface area (Å²) < 4.78 is 50.7. The van der Waals surface area contributed by atoms with E-state index in [-0.39, 0.29) is 41.7 Å². The molecule has 0 radical (unpaired) electrons. The van der Waals surface area contributed by atoms with Gasteiger partial charge in [-0.05, 0) is 56.2 Å². The second kappa shape index (κ2) is 13.0. The minimum atomic E-state index is -4.60. The van der Waals surface area contributed by atoms with E-state index in [0.29, 0.717) is 66.2 Å². The lowest BCUT2D eigenvalue weighted by molar-refractivity contribution is -0.138. The molecule has 2 aromatic heterocycles. The zero-order chi connectivity index (χ0) is 31.6. The highest BCUT2D eigenvalue weighted by atomic mass is 32.2. The van der Waals surface area contributed by atoms with Gasteiger partial charge in [0.05, 0.1) is 24.3 Å². The molecule has 2 unspecified atom stereocenters. The molecule has 234 valence electrons. The number of halogens is 3. The molecule has 1 fully saturated rings. The Morgan fingerprint density at radius 3 is 2.55 bits per heavy atom. The van der Waals surface area contributed by atoms with Gasteiger partial charge in [-0.15, -0.1) is 11.8 Å². The predicted octanol–water partition coefficient (Wildman–Crippen LogP) is 4.10. The van der Waals surface area contributed by atoms with Crippen LogP contribution in [0.5, 0.6) is 0 Å². The molecule has 10 nitrogen and oxygen atoms in total. The van der Waals surface area contributed by atoms with Crippen molar-refractivity contribution in [2.24, 2.45) is 0 Å². The van der Waals surface area contributed by atoms with E-state index >= 15 is 0 Å². The van der Waals surface area contributed by atoms with Crippen molar-refractivity contribution in [2.75, 3.05) is 37.0 Å². The number of aromatic nitrogens is 4. The number of ether oxygens (including phenoxy) is 1. The number of hydrogen-bond acceptors (Lipinski definition) is 8. The van der Waals surface area contributed by atoms with Gasteiger partial charge in [-0.2, -0.15) is 18.2 Å². The number of nitrogens with one attached hydrogen (secondary N) is 1. The molecule has 14 heteroatoms. The normalized spacial score (nSPS) is 20.3. The van der Waals surface area contributed by atoms with E-state index in [9.17, 15) is 27.6 Å². The summed E-state index contributed by atoms with van der Waals surface area (Å²) in [6.07, 6.45) is 2.38. The van der Waals surface area contributed by atoms with Crippen LogP contribution in [0.4, 0.5) is 19.0 Å². The van der Waals surface area contributed by atoms with Crippen LogP contribution in [0.25, 0.3) is 16.5 Å². The van der Waals surface area contributed by atoms with Crippen LogP contribution in [-0.2, 0) is 22.3 Å². The molecule has 1 saturated heterocycles. The lowest BCUT2D eigenvalue weighted by Crippen LogP contribution is -2.58. The van der Waals surface area contributed by atoms with Crippen LogP contribution in [0.1, 0.15) is 37.8 Å². The number of anilines is 1. The van der Waals surface area contributed by atoms with Crippen LogP contribution >= 0.6 is 11.8 Å². The first-order valence-corrected chi connectivity index (χ1v) is 15.3. The number of H-pyrrole nitrogens is 1. The number of piperazine rings is 1. The van der Waals surface area contributed by atoms with Crippen LogP contribution in [0, 0.1) is 0 Å². The van der Waals surface area contributed by atoms with Crippen molar-refractivity contribution in [3.63, 3.8) is 0 Å². The fourth-order valence-corrected chi connectivity index (χ4v) is 7.24. The molecular weight excluding hydrogens is 597 g/mol. The first-order chi connectivity index (χ1) is 21.0. The van der Waals surface area contributed by atoms with E-state index in [1.165, 1.54) is 40.9 Å². The molecule has 0 bridgehead atoms. The Bertz CT molecular complexity index is 1690. The molecule has 0 spiro atoms. The Morgan fingerprint density at radius 2 is 1.98 bits per heavy atom. The van der Waals surface area contributed by atoms with E-state index in [1.54, 1.807) is 17.0 Å². The highest BCUT2D eigenvalue weighted by molar-refractivity contribution is 7.99. The van der Waals surface area contributed by atoms with Gasteiger partial charge in [0.2, 0.25) is 5.91 Å². The molecule has 0 aliphatic carbocycles. The van der Waals surface area contributed by atoms with Gasteiger partial charge in [0.15, 0.2) is 0 Å². The van der Waals surface area contributed by atoms with Gasteiger partial charge in [0.25, 0.3) is 0 Å². The van der Waals surface area contributed by atoms with Crippen LogP contribution in [0.15, 0.2) is 57.7 Å². The number of carbonyl (C=O) groups is 1. The first-order valence-electron chi connectivity index (χ1n) is 14.3. The maximum absolute atomic E-state index is 14.6.